The highest BCUT2D eigenvalue weighted by atomic mass is 16.4. The van der Waals surface area contributed by atoms with Crippen LogP contribution in [0.3, 0.4) is 0 Å². The van der Waals surface area contributed by atoms with Crippen LogP contribution in [0.1, 0.15) is 47.8 Å². The van der Waals surface area contributed by atoms with E-state index in [4.69, 9.17) is 9.52 Å². The number of carboxylic acids is 1. The molecule has 2 rings (SSSR count). The molecule has 1 aromatic rings. The molecule has 5 heteroatoms. The Morgan fingerprint density at radius 3 is 2.73 bits per heavy atom. The first-order chi connectivity index (χ1) is 7.22. The van der Waals surface area contributed by atoms with Crippen LogP contribution in [0.4, 0.5) is 6.01 Å². The highest BCUT2D eigenvalue weighted by Crippen LogP contribution is 2.36. The first-order valence-electron chi connectivity index (χ1n) is 5.14. The van der Waals surface area contributed by atoms with Gasteiger partial charge in [-0.15, -0.1) is 0 Å². The maximum absolute atomic E-state index is 10.9. The van der Waals surface area contributed by atoms with E-state index in [0.717, 1.165) is 25.7 Å². The molecule has 0 unspecified atom stereocenters. The molecule has 0 aliphatic heterocycles. The highest BCUT2D eigenvalue weighted by Gasteiger charge is 2.28. The smallest absolute Gasteiger partial charge is 0.373 e. The molecule has 0 atom stereocenters. The molecule has 0 spiro atoms. The van der Waals surface area contributed by atoms with Gasteiger partial charge < -0.3 is 14.8 Å². The molecule has 2 N–H and O–H groups in total. The van der Waals surface area contributed by atoms with Crippen molar-refractivity contribution in [3.05, 3.63) is 11.5 Å². The predicted octanol–water partition coefficient (Wildman–Crippen LogP) is 2.07. The fourth-order valence-electron chi connectivity index (χ4n) is 2.07. The molecule has 1 fully saturated rings. The number of hydrogen-bond donors (Lipinski definition) is 2. The number of oxazole rings is 1. The summed E-state index contributed by atoms with van der Waals surface area (Å²) in [6.07, 6.45) is 4.31. The van der Waals surface area contributed by atoms with Gasteiger partial charge in [0.1, 0.15) is 0 Å². The van der Waals surface area contributed by atoms with Gasteiger partial charge in [0, 0.05) is 13.0 Å². The standard InChI is InChI=1S/C10H14N2O3/c1-11-10-12-7(6-4-2-3-5-6)8(15-10)9(13)14/h6H,2-5H2,1H3,(H,11,12)(H,13,14). The van der Waals surface area contributed by atoms with Gasteiger partial charge in [-0.2, -0.15) is 4.98 Å². The average molecular weight is 210 g/mol. The largest absolute Gasteiger partial charge is 0.475 e. The normalized spacial score (nSPS) is 16.9. The zero-order valence-electron chi connectivity index (χ0n) is 8.62. The number of hydrogen-bond acceptors (Lipinski definition) is 4. The molecular weight excluding hydrogens is 196 g/mol. The van der Waals surface area contributed by atoms with Gasteiger partial charge in [0.2, 0.25) is 5.76 Å². The summed E-state index contributed by atoms with van der Waals surface area (Å²) in [5.74, 6) is -0.792. The van der Waals surface area contributed by atoms with E-state index in [2.05, 4.69) is 10.3 Å². The fraction of sp³-hybridized carbons (Fsp3) is 0.600. The van der Waals surface area contributed by atoms with Gasteiger partial charge in [-0.3, -0.25) is 0 Å². The third-order valence-electron chi connectivity index (χ3n) is 2.80. The molecule has 0 saturated heterocycles. The van der Waals surface area contributed by atoms with Crippen molar-refractivity contribution < 1.29 is 14.3 Å². The molecule has 1 saturated carbocycles. The van der Waals surface area contributed by atoms with Crippen LogP contribution in [-0.4, -0.2) is 23.1 Å². The van der Waals surface area contributed by atoms with E-state index in [1.54, 1.807) is 7.05 Å². The van der Waals surface area contributed by atoms with E-state index in [1.165, 1.54) is 0 Å². The first kappa shape index (κ1) is 10.0. The van der Waals surface area contributed by atoms with Gasteiger partial charge in [0.15, 0.2) is 0 Å². The van der Waals surface area contributed by atoms with Crippen LogP contribution in [-0.2, 0) is 0 Å². The van der Waals surface area contributed by atoms with Crippen LogP contribution >= 0.6 is 0 Å². The lowest BCUT2D eigenvalue weighted by molar-refractivity contribution is 0.0661. The lowest BCUT2D eigenvalue weighted by Gasteiger charge is -2.03. The molecule has 0 radical (unpaired) electrons. The predicted molar refractivity (Wildman–Crippen MR) is 54.2 cm³/mol. The van der Waals surface area contributed by atoms with Gasteiger partial charge in [0.25, 0.3) is 6.01 Å². The molecular formula is C10H14N2O3. The van der Waals surface area contributed by atoms with Gasteiger partial charge in [-0.25, -0.2) is 4.79 Å². The minimum absolute atomic E-state index is 0.00810. The number of rotatable bonds is 3. The van der Waals surface area contributed by atoms with Crippen molar-refractivity contribution in [2.75, 3.05) is 12.4 Å². The van der Waals surface area contributed by atoms with Crippen LogP contribution in [0.2, 0.25) is 0 Å². The Morgan fingerprint density at radius 2 is 2.20 bits per heavy atom. The number of carbonyl (C=O) groups is 1. The zero-order chi connectivity index (χ0) is 10.8. The number of nitrogens with one attached hydrogen (secondary N) is 1. The topological polar surface area (TPSA) is 75.4 Å². The Kier molecular flexibility index (Phi) is 2.62. The molecule has 0 aromatic carbocycles. The molecule has 0 bridgehead atoms. The summed E-state index contributed by atoms with van der Waals surface area (Å²) in [4.78, 5) is 15.1. The number of anilines is 1. The van der Waals surface area contributed by atoms with Crippen LogP contribution in [0, 0.1) is 0 Å². The molecule has 1 aliphatic carbocycles. The monoisotopic (exact) mass is 210 g/mol. The third kappa shape index (κ3) is 1.82. The van der Waals surface area contributed by atoms with Crippen molar-refractivity contribution in [3.8, 4) is 0 Å². The molecule has 1 aliphatic rings. The van der Waals surface area contributed by atoms with E-state index in [9.17, 15) is 4.79 Å². The summed E-state index contributed by atoms with van der Waals surface area (Å²) in [5, 5.41) is 11.7. The summed E-state index contributed by atoms with van der Waals surface area (Å²) in [5.41, 5.74) is 0.601. The SMILES string of the molecule is CNc1nc(C2CCCC2)c(C(=O)O)o1. The van der Waals surface area contributed by atoms with E-state index >= 15 is 0 Å². The number of aromatic nitrogens is 1. The summed E-state index contributed by atoms with van der Waals surface area (Å²) < 4.78 is 5.12. The molecule has 5 nitrogen and oxygen atoms in total. The van der Waals surface area contributed by atoms with Crippen molar-refractivity contribution in [2.24, 2.45) is 0 Å². The maximum Gasteiger partial charge on any atom is 0.373 e. The molecule has 1 heterocycles. The van der Waals surface area contributed by atoms with Crippen molar-refractivity contribution in [1.29, 1.82) is 0 Å². The van der Waals surface area contributed by atoms with Crippen LogP contribution in [0.5, 0.6) is 0 Å². The highest BCUT2D eigenvalue weighted by molar-refractivity contribution is 5.86. The van der Waals surface area contributed by atoms with Gasteiger partial charge in [-0.1, -0.05) is 12.8 Å². The molecule has 82 valence electrons. The van der Waals surface area contributed by atoms with E-state index in [0.29, 0.717) is 5.69 Å². The van der Waals surface area contributed by atoms with Crippen molar-refractivity contribution in [2.45, 2.75) is 31.6 Å². The van der Waals surface area contributed by atoms with Crippen LogP contribution < -0.4 is 5.32 Å². The third-order valence-corrected chi connectivity index (χ3v) is 2.80. The van der Waals surface area contributed by atoms with E-state index in [1.807, 2.05) is 0 Å². The van der Waals surface area contributed by atoms with Gasteiger partial charge in [-0.05, 0) is 12.8 Å². The first-order valence-corrected chi connectivity index (χ1v) is 5.14. The average Bonchev–Trinajstić information content (AvgIpc) is 2.86. The quantitative estimate of drug-likeness (QED) is 0.798. The Labute approximate surface area is 87.5 Å². The molecule has 15 heavy (non-hydrogen) atoms. The Balaban J connectivity index is 2.34. The lowest BCUT2D eigenvalue weighted by atomic mass is 10.0. The zero-order valence-corrected chi connectivity index (χ0v) is 8.62. The van der Waals surface area contributed by atoms with Gasteiger partial charge in [0.05, 0.1) is 5.69 Å². The maximum atomic E-state index is 10.9. The number of carboxylic acid groups (broad SMARTS) is 1. The van der Waals surface area contributed by atoms with E-state index < -0.39 is 5.97 Å². The Bertz CT molecular complexity index is 367. The van der Waals surface area contributed by atoms with Crippen molar-refractivity contribution >= 4 is 12.0 Å². The van der Waals surface area contributed by atoms with Crippen molar-refractivity contribution in [3.63, 3.8) is 0 Å². The van der Waals surface area contributed by atoms with Crippen LogP contribution in [0.15, 0.2) is 4.42 Å². The Hall–Kier alpha value is -1.52. The Morgan fingerprint density at radius 1 is 1.53 bits per heavy atom. The second kappa shape index (κ2) is 3.92. The summed E-state index contributed by atoms with van der Waals surface area (Å²) >= 11 is 0. The van der Waals surface area contributed by atoms with Crippen molar-refractivity contribution in [1.82, 2.24) is 4.98 Å². The molecule has 1 aromatic heterocycles. The van der Waals surface area contributed by atoms with Crippen LogP contribution in [0.25, 0.3) is 0 Å². The lowest BCUT2D eigenvalue weighted by Crippen LogP contribution is -2.03. The fourth-order valence-corrected chi connectivity index (χ4v) is 2.07. The minimum Gasteiger partial charge on any atom is -0.475 e. The summed E-state index contributed by atoms with van der Waals surface area (Å²) in [6.45, 7) is 0. The second-order valence-corrected chi connectivity index (χ2v) is 3.77. The summed E-state index contributed by atoms with van der Waals surface area (Å²) in [6, 6.07) is 0.286. The second-order valence-electron chi connectivity index (χ2n) is 3.77. The number of nitrogens with zero attached hydrogens (tertiary/aromatic N) is 1. The van der Waals surface area contributed by atoms with Gasteiger partial charge >= 0.3 is 5.97 Å². The number of aromatic carboxylic acids is 1. The summed E-state index contributed by atoms with van der Waals surface area (Å²) in [7, 11) is 1.66. The minimum atomic E-state index is -1.04. The molecule has 0 amide bonds. The van der Waals surface area contributed by atoms with E-state index in [-0.39, 0.29) is 17.7 Å².